The number of nitrogens with zero attached hydrogens (tertiary/aromatic N) is 2. The number of methoxy groups -OCH3 is 2. The molecular weight excluding hydrogens is 547 g/mol. The van der Waals surface area contributed by atoms with Crippen LogP contribution < -0.4 is 25.1 Å². The van der Waals surface area contributed by atoms with Gasteiger partial charge in [-0.05, 0) is 49.4 Å². The molecule has 0 spiro atoms. The van der Waals surface area contributed by atoms with Crippen LogP contribution in [0.1, 0.15) is 28.5 Å². The van der Waals surface area contributed by atoms with Gasteiger partial charge in [0.15, 0.2) is 5.58 Å². The number of halogens is 3. The zero-order valence-corrected chi connectivity index (χ0v) is 22.3. The zero-order valence-electron chi connectivity index (χ0n) is 22.3. The third kappa shape index (κ3) is 7.12. The number of benzene rings is 2. The Hall–Kier alpha value is -5.07. The van der Waals surface area contributed by atoms with Gasteiger partial charge in [0.1, 0.15) is 29.4 Å². The first-order valence-corrected chi connectivity index (χ1v) is 12.0. The molecule has 0 aliphatic carbocycles. The van der Waals surface area contributed by atoms with Crippen LogP contribution in [0, 0.1) is 6.92 Å². The number of aryl methyl sites for hydroxylation is 1. The standard InChI is InChI=1S/C28H24F3N3O7/c1-15-25-21(17(13-32-15)14-39-16(2)35)12-22(26(36)34-23-10-9-20(37-3)11-24(23)38-4)27(40-25)33-18-5-7-19(8-6-18)41-28(29,30)31/h5-13H,14H2,1-4H3,(H,34,36). The maximum absolute atomic E-state index is 13.6. The highest BCUT2D eigenvalue weighted by Gasteiger charge is 2.31. The third-order valence-corrected chi connectivity index (χ3v) is 5.68. The maximum Gasteiger partial charge on any atom is 0.573 e. The number of amides is 1. The molecule has 214 valence electrons. The molecule has 4 aromatic rings. The van der Waals surface area contributed by atoms with E-state index in [-0.39, 0.29) is 29.0 Å². The Balaban J connectivity index is 1.85. The molecule has 0 saturated heterocycles. The van der Waals surface area contributed by atoms with Crippen LogP contribution >= 0.6 is 0 Å². The predicted octanol–water partition coefficient (Wildman–Crippen LogP) is 5.60. The quantitative estimate of drug-likeness (QED) is 0.271. The van der Waals surface area contributed by atoms with Gasteiger partial charge in [-0.3, -0.25) is 14.6 Å². The van der Waals surface area contributed by atoms with E-state index < -0.39 is 24.0 Å². The molecule has 1 N–H and O–H groups in total. The van der Waals surface area contributed by atoms with Gasteiger partial charge in [-0.15, -0.1) is 13.2 Å². The fourth-order valence-electron chi connectivity index (χ4n) is 3.76. The molecule has 13 heteroatoms. The van der Waals surface area contributed by atoms with E-state index in [9.17, 15) is 22.8 Å². The summed E-state index contributed by atoms with van der Waals surface area (Å²) in [6.07, 6.45) is -3.35. The van der Waals surface area contributed by atoms with Crippen LogP contribution in [0.25, 0.3) is 11.0 Å². The molecule has 41 heavy (non-hydrogen) atoms. The summed E-state index contributed by atoms with van der Waals surface area (Å²) in [5, 5.41) is 3.20. The number of hydrogen-bond donors (Lipinski definition) is 1. The van der Waals surface area contributed by atoms with Gasteiger partial charge >= 0.3 is 12.3 Å². The number of carbonyl (C=O) groups excluding carboxylic acids is 2. The molecule has 0 aliphatic rings. The average molecular weight is 572 g/mol. The molecule has 0 unspecified atom stereocenters. The zero-order chi connectivity index (χ0) is 29.7. The number of nitrogens with one attached hydrogen (secondary N) is 1. The van der Waals surface area contributed by atoms with Gasteiger partial charge in [0.05, 0.1) is 31.3 Å². The topological polar surface area (TPSA) is 121 Å². The monoisotopic (exact) mass is 571 g/mol. The number of alkyl halides is 3. The van der Waals surface area contributed by atoms with Crippen molar-refractivity contribution in [1.29, 1.82) is 0 Å². The van der Waals surface area contributed by atoms with Crippen molar-refractivity contribution in [1.82, 2.24) is 4.98 Å². The summed E-state index contributed by atoms with van der Waals surface area (Å²) in [5.41, 5.74) is 1.53. The Labute approximate surface area is 231 Å². The average Bonchev–Trinajstić information content (AvgIpc) is 2.93. The maximum atomic E-state index is 13.6. The molecule has 0 saturated carbocycles. The highest BCUT2D eigenvalue weighted by molar-refractivity contribution is 6.06. The first-order chi connectivity index (χ1) is 19.5. The van der Waals surface area contributed by atoms with Gasteiger partial charge in [0, 0.05) is 30.1 Å². The van der Waals surface area contributed by atoms with Crippen molar-refractivity contribution in [3.8, 4) is 17.2 Å². The van der Waals surface area contributed by atoms with Crippen LogP contribution in [0.3, 0.4) is 0 Å². The van der Waals surface area contributed by atoms with Gasteiger partial charge in [-0.1, -0.05) is 0 Å². The molecule has 0 bridgehead atoms. The molecule has 2 aromatic carbocycles. The smallest absolute Gasteiger partial charge is 0.497 e. The van der Waals surface area contributed by atoms with Gasteiger partial charge in [-0.2, -0.15) is 0 Å². The molecule has 10 nitrogen and oxygen atoms in total. The molecule has 2 heterocycles. The third-order valence-electron chi connectivity index (χ3n) is 5.68. The minimum absolute atomic E-state index is 0.0272. The summed E-state index contributed by atoms with van der Waals surface area (Å²) >= 11 is 0. The van der Waals surface area contributed by atoms with Gasteiger partial charge in [-0.25, -0.2) is 4.99 Å². The Morgan fingerprint density at radius 3 is 2.37 bits per heavy atom. The number of aromatic nitrogens is 1. The largest absolute Gasteiger partial charge is 0.573 e. The Bertz CT molecular complexity index is 1670. The van der Waals surface area contributed by atoms with Crippen LogP contribution in [0.4, 0.5) is 24.5 Å². The summed E-state index contributed by atoms with van der Waals surface area (Å²) in [6, 6.07) is 11.0. The highest BCUT2D eigenvalue weighted by Crippen LogP contribution is 2.30. The number of carbonyl (C=O) groups is 2. The van der Waals surface area contributed by atoms with Gasteiger partial charge in [0.25, 0.3) is 5.91 Å². The number of anilines is 1. The fraction of sp³-hybridized carbons (Fsp3) is 0.214. The molecule has 0 fully saturated rings. The van der Waals surface area contributed by atoms with Gasteiger partial charge in [0.2, 0.25) is 5.55 Å². The summed E-state index contributed by atoms with van der Waals surface area (Å²) in [5.74, 6) is -0.753. The molecule has 4 rings (SSSR count). The SMILES string of the molecule is COc1ccc(NC(=O)c2cc3c(COC(C)=O)cnc(C)c3oc2=Nc2ccc(OC(F)(F)F)cc2)c(OC)c1. The van der Waals surface area contributed by atoms with E-state index in [1.807, 2.05) is 0 Å². The second-order valence-corrected chi connectivity index (χ2v) is 8.53. The number of fused-ring (bicyclic) bond motifs is 1. The molecule has 2 aromatic heterocycles. The van der Waals surface area contributed by atoms with Crippen molar-refractivity contribution in [2.45, 2.75) is 26.8 Å². The molecular formula is C28H24F3N3O7. The van der Waals surface area contributed by atoms with Crippen LogP contribution in [0.2, 0.25) is 0 Å². The summed E-state index contributed by atoms with van der Waals surface area (Å²) in [4.78, 5) is 33.7. The minimum atomic E-state index is -4.85. The van der Waals surface area contributed by atoms with E-state index in [0.717, 1.165) is 12.1 Å². The Morgan fingerprint density at radius 1 is 1.02 bits per heavy atom. The van der Waals surface area contributed by atoms with Gasteiger partial charge < -0.3 is 28.7 Å². The summed E-state index contributed by atoms with van der Waals surface area (Å²) in [6.45, 7) is 2.81. The lowest BCUT2D eigenvalue weighted by molar-refractivity contribution is -0.274. The van der Waals surface area contributed by atoms with Crippen molar-refractivity contribution in [3.05, 3.63) is 77.1 Å². The molecule has 1 amide bonds. The first-order valence-electron chi connectivity index (χ1n) is 12.0. The Kier molecular flexibility index (Phi) is 8.45. The fourth-order valence-corrected chi connectivity index (χ4v) is 3.76. The number of esters is 1. The lowest BCUT2D eigenvalue weighted by Gasteiger charge is -2.13. The van der Waals surface area contributed by atoms with Crippen LogP contribution in [0.5, 0.6) is 17.2 Å². The summed E-state index contributed by atoms with van der Waals surface area (Å²) in [7, 11) is 2.92. The highest BCUT2D eigenvalue weighted by atomic mass is 19.4. The van der Waals surface area contributed by atoms with Crippen molar-refractivity contribution >= 4 is 34.2 Å². The van der Waals surface area contributed by atoms with Crippen LogP contribution in [0.15, 0.2) is 64.1 Å². The minimum Gasteiger partial charge on any atom is -0.497 e. The predicted molar refractivity (Wildman–Crippen MR) is 140 cm³/mol. The van der Waals surface area contributed by atoms with E-state index >= 15 is 0 Å². The lowest BCUT2D eigenvalue weighted by atomic mass is 10.1. The number of hydrogen-bond acceptors (Lipinski definition) is 9. The molecule has 0 radical (unpaired) electrons. The lowest BCUT2D eigenvalue weighted by Crippen LogP contribution is -2.22. The first kappa shape index (κ1) is 28.9. The van der Waals surface area contributed by atoms with Crippen LogP contribution in [-0.2, 0) is 16.1 Å². The van der Waals surface area contributed by atoms with Crippen molar-refractivity contribution in [2.24, 2.45) is 4.99 Å². The second kappa shape index (κ2) is 12.0. The van der Waals surface area contributed by atoms with Crippen molar-refractivity contribution in [2.75, 3.05) is 19.5 Å². The van der Waals surface area contributed by atoms with E-state index in [0.29, 0.717) is 33.8 Å². The molecule has 0 aliphatic heterocycles. The second-order valence-electron chi connectivity index (χ2n) is 8.53. The van der Waals surface area contributed by atoms with Crippen molar-refractivity contribution in [3.63, 3.8) is 0 Å². The van der Waals surface area contributed by atoms with Crippen LogP contribution in [-0.4, -0.2) is 37.4 Å². The molecule has 0 atom stereocenters. The summed E-state index contributed by atoms with van der Waals surface area (Å²) < 4.78 is 63.4. The Morgan fingerprint density at radius 2 is 1.73 bits per heavy atom. The van der Waals surface area contributed by atoms with E-state index in [2.05, 4.69) is 20.0 Å². The number of rotatable bonds is 8. The van der Waals surface area contributed by atoms with E-state index in [4.69, 9.17) is 18.6 Å². The van der Waals surface area contributed by atoms with E-state index in [1.54, 1.807) is 25.1 Å². The number of ether oxygens (including phenoxy) is 4. The number of pyridine rings is 1. The normalized spacial score (nSPS) is 11.7. The van der Waals surface area contributed by atoms with E-state index in [1.165, 1.54) is 45.5 Å². The van der Waals surface area contributed by atoms with Crippen molar-refractivity contribution < 1.29 is 46.1 Å².